The van der Waals surface area contributed by atoms with Crippen LogP contribution in [0.2, 0.25) is 0 Å². The van der Waals surface area contributed by atoms with Gasteiger partial charge in [-0.15, -0.1) is 0 Å². The first-order chi connectivity index (χ1) is 7.45. The lowest BCUT2D eigenvalue weighted by Crippen LogP contribution is -1.97. The van der Waals surface area contributed by atoms with Gasteiger partial charge >= 0.3 is 0 Å². The van der Waals surface area contributed by atoms with Crippen molar-refractivity contribution in [2.24, 2.45) is 0 Å². The van der Waals surface area contributed by atoms with Crippen LogP contribution in [0.25, 0.3) is 0 Å². The Morgan fingerprint density at radius 2 is 1.44 bits per heavy atom. The Morgan fingerprint density at radius 1 is 1.06 bits per heavy atom. The molecule has 104 valence electrons. The lowest BCUT2D eigenvalue weighted by atomic mass is 10.3. The Balaban J connectivity index is -0.000000410. The van der Waals surface area contributed by atoms with Gasteiger partial charge in [0.25, 0.3) is 23.1 Å². The standard InChI is InChI=1S/C7H6O5S.CH2O2.2CH4/c8-5-12-6-1-3-7(4-2-6)13(9,10)11;2-1-3;;/h1-5H,(H,9,10,11);1H,(H,2,3);2*1H4. The molecule has 7 nitrogen and oxygen atoms in total. The van der Waals surface area contributed by atoms with Gasteiger partial charge in [0.05, 0.1) is 4.90 Å². The maximum atomic E-state index is 10.5. The quantitative estimate of drug-likeness (QED) is 0.635. The average molecular weight is 280 g/mol. The first-order valence-electron chi connectivity index (χ1n) is 3.71. The zero-order valence-corrected chi connectivity index (χ0v) is 8.62. The van der Waals surface area contributed by atoms with Crippen molar-refractivity contribution in [3.05, 3.63) is 24.3 Å². The molecule has 0 unspecified atom stereocenters. The normalized spacial score (nSPS) is 8.50. The van der Waals surface area contributed by atoms with E-state index in [1.807, 2.05) is 0 Å². The summed E-state index contributed by atoms with van der Waals surface area (Å²) in [6.07, 6.45) is 0. The van der Waals surface area contributed by atoms with Gasteiger partial charge in [-0.2, -0.15) is 8.42 Å². The topological polar surface area (TPSA) is 118 Å². The number of carbonyl (C=O) groups is 2. The highest BCUT2D eigenvalue weighted by Gasteiger charge is 2.08. The van der Waals surface area contributed by atoms with Crippen LogP contribution in [0.1, 0.15) is 14.9 Å². The second kappa shape index (κ2) is 10.2. The van der Waals surface area contributed by atoms with Crippen molar-refractivity contribution in [1.29, 1.82) is 0 Å². The van der Waals surface area contributed by atoms with E-state index < -0.39 is 10.1 Å². The van der Waals surface area contributed by atoms with Crippen molar-refractivity contribution in [3.63, 3.8) is 0 Å². The van der Waals surface area contributed by atoms with E-state index >= 15 is 0 Å². The molecule has 1 aromatic carbocycles. The van der Waals surface area contributed by atoms with Crippen LogP contribution in [-0.4, -0.2) is 31.0 Å². The van der Waals surface area contributed by atoms with Crippen LogP contribution in [0.5, 0.6) is 5.75 Å². The van der Waals surface area contributed by atoms with Crippen molar-refractivity contribution in [3.8, 4) is 5.75 Å². The maximum absolute atomic E-state index is 10.5. The molecule has 0 fully saturated rings. The first-order valence-corrected chi connectivity index (χ1v) is 5.15. The number of hydrogen-bond donors (Lipinski definition) is 2. The van der Waals surface area contributed by atoms with Crippen LogP contribution in [-0.2, 0) is 19.7 Å². The monoisotopic (exact) mass is 280 g/mol. The number of hydrogen-bond acceptors (Lipinski definition) is 5. The second-order valence-corrected chi connectivity index (χ2v) is 3.69. The molecule has 0 saturated heterocycles. The van der Waals surface area contributed by atoms with Crippen LogP contribution < -0.4 is 4.74 Å². The molecule has 18 heavy (non-hydrogen) atoms. The molecule has 0 atom stereocenters. The molecule has 0 bridgehead atoms. The number of ether oxygens (including phenoxy) is 1. The number of carboxylic acid groups (broad SMARTS) is 1. The molecule has 0 saturated carbocycles. The highest BCUT2D eigenvalue weighted by molar-refractivity contribution is 7.85. The summed E-state index contributed by atoms with van der Waals surface area (Å²) in [6.45, 7) is -0.0253. The van der Waals surface area contributed by atoms with Crippen molar-refractivity contribution < 1.29 is 32.4 Å². The van der Waals surface area contributed by atoms with Gasteiger partial charge in [-0.25, -0.2) is 0 Å². The Labute approximate surface area is 106 Å². The van der Waals surface area contributed by atoms with Crippen molar-refractivity contribution in [1.82, 2.24) is 0 Å². The Kier molecular flexibility index (Phi) is 12.2. The van der Waals surface area contributed by atoms with Gasteiger partial charge < -0.3 is 9.84 Å². The number of carbonyl (C=O) groups excluding carboxylic acids is 1. The maximum Gasteiger partial charge on any atom is 0.298 e. The average Bonchev–Trinajstić information content (AvgIpc) is 2.19. The molecular weight excluding hydrogens is 264 g/mol. The third kappa shape index (κ3) is 8.25. The molecule has 2 N–H and O–H groups in total. The van der Waals surface area contributed by atoms with E-state index in [1.54, 1.807) is 0 Å². The van der Waals surface area contributed by atoms with E-state index in [2.05, 4.69) is 4.74 Å². The fraction of sp³-hybridized carbons (Fsp3) is 0.200. The highest BCUT2D eigenvalue weighted by Crippen LogP contribution is 2.14. The Bertz CT molecular complexity index is 436. The van der Waals surface area contributed by atoms with Crippen LogP contribution in [0.15, 0.2) is 29.2 Å². The smallest absolute Gasteiger partial charge is 0.298 e. The molecule has 0 heterocycles. The minimum Gasteiger partial charge on any atom is -0.483 e. The van der Waals surface area contributed by atoms with Gasteiger partial charge in [0.2, 0.25) is 0 Å². The van der Waals surface area contributed by atoms with Crippen molar-refractivity contribution >= 4 is 23.1 Å². The second-order valence-electron chi connectivity index (χ2n) is 2.27. The molecule has 0 aromatic heterocycles. The largest absolute Gasteiger partial charge is 0.483 e. The molecule has 0 aliphatic heterocycles. The van der Waals surface area contributed by atoms with Gasteiger partial charge in [0.1, 0.15) is 5.75 Å². The molecule has 1 aromatic rings. The predicted octanol–water partition coefficient (Wildman–Crippen LogP) is 1.44. The summed E-state index contributed by atoms with van der Waals surface area (Å²) in [6, 6.07) is 4.79. The van der Waals surface area contributed by atoms with Crippen LogP contribution in [0.4, 0.5) is 0 Å². The third-order valence-electron chi connectivity index (χ3n) is 1.31. The lowest BCUT2D eigenvalue weighted by molar-refractivity contribution is -0.123. The first kappa shape index (κ1) is 21.4. The molecule has 0 aliphatic carbocycles. The number of benzene rings is 1. The fourth-order valence-electron chi connectivity index (χ4n) is 0.746. The van der Waals surface area contributed by atoms with E-state index in [0.717, 1.165) is 12.1 Å². The summed E-state index contributed by atoms with van der Waals surface area (Å²) >= 11 is 0. The van der Waals surface area contributed by atoms with E-state index in [1.165, 1.54) is 12.1 Å². The summed E-state index contributed by atoms with van der Waals surface area (Å²) in [4.78, 5) is 18.0. The van der Waals surface area contributed by atoms with E-state index in [4.69, 9.17) is 14.5 Å². The third-order valence-corrected chi connectivity index (χ3v) is 2.17. The molecule has 1 rings (SSSR count). The van der Waals surface area contributed by atoms with Crippen LogP contribution >= 0.6 is 0 Å². The molecule has 0 radical (unpaired) electrons. The number of rotatable bonds is 3. The van der Waals surface area contributed by atoms with Gasteiger partial charge in [-0.3, -0.25) is 14.1 Å². The van der Waals surface area contributed by atoms with Gasteiger partial charge in [-0.1, -0.05) is 14.9 Å². The lowest BCUT2D eigenvalue weighted by Gasteiger charge is -1.98. The summed E-state index contributed by atoms with van der Waals surface area (Å²) in [7, 11) is -4.18. The minimum atomic E-state index is -4.18. The molecular formula is C10H16O7S. The molecule has 0 aliphatic rings. The van der Waals surface area contributed by atoms with Crippen molar-refractivity contribution in [2.45, 2.75) is 19.7 Å². The summed E-state index contributed by atoms with van der Waals surface area (Å²) in [5, 5.41) is 6.89. The van der Waals surface area contributed by atoms with Gasteiger partial charge in [0, 0.05) is 0 Å². The van der Waals surface area contributed by atoms with E-state index in [9.17, 15) is 13.2 Å². The van der Waals surface area contributed by atoms with E-state index in [0.29, 0.717) is 0 Å². The van der Waals surface area contributed by atoms with E-state index in [-0.39, 0.29) is 38.4 Å². The SMILES string of the molecule is C.C.O=CO.O=COc1ccc(S(=O)(=O)O)cc1. The zero-order chi connectivity index (χ0) is 12.6. The van der Waals surface area contributed by atoms with Crippen LogP contribution in [0, 0.1) is 0 Å². The van der Waals surface area contributed by atoms with Gasteiger partial charge in [0.15, 0.2) is 0 Å². The minimum absolute atomic E-state index is 0. The Morgan fingerprint density at radius 3 is 1.72 bits per heavy atom. The predicted molar refractivity (Wildman–Crippen MR) is 65.1 cm³/mol. The summed E-state index contributed by atoms with van der Waals surface area (Å²) in [5.41, 5.74) is 0. The zero-order valence-electron chi connectivity index (χ0n) is 7.81. The fourth-order valence-corrected chi connectivity index (χ4v) is 1.23. The highest BCUT2D eigenvalue weighted by atomic mass is 32.2. The molecule has 8 heteroatoms. The van der Waals surface area contributed by atoms with Crippen LogP contribution in [0.3, 0.4) is 0 Å². The van der Waals surface area contributed by atoms with Gasteiger partial charge in [-0.05, 0) is 24.3 Å². The summed E-state index contributed by atoms with van der Waals surface area (Å²) < 4.78 is 34.1. The molecule has 0 spiro atoms. The molecule has 0 amide bonds. The Hall–Kier alpha value is -1.93. The van der Waals surface area contributed by atoms with Crippen molar-refractivity contribution in [2.75, 3.05) is 0 Å². The summed E-state index contributed by atoms with van der Waals surface area (Å²) in [5.74, 6) is 0.211.